The van der Waals surface area contributed by atoms with E-state index in [1.54, 1.807) is 12.3 Å². The lowest BCUT2D eigenvalue weighted by Crippen LogP contribution is -2.36. The highest BCUT2D eigenvalue weighted by molar-refractivity contribution is 7.89. The molecule has 164 valence electrons. The number of ether oxygens (including phenoxy) is 1. The predicted octanol–water partition coefficient (Wildman–Crippen LogP) is 4.74. The van der Waals surface area contributed by atoms with Gasteiger partial charge in [-0.3, -0.25) is 4.79 Å². The lowest BCUT2D eigenvalue weighted by molar-refractivity contribution is -0.141. The first-order valence-corrected chi connectivity index (χ1v) is 12.2. The summed E-state index contributed by atoms with van der Waals surface area (Å²) in [5.74, 6) is -1.27. The van der Waals surface area contributed by atoms with Crippen LogP contribution in [0.2, 0.25) is 5.02 Å². The standard InChI is InChI=1S/C23H25ClN2O4S/c1-30-23(27)22(18-14-25-20-10-6-5-9-17(18)20)15-11-12-19(24)21(13-15)31(28,29)26-16-7-3-2-4-8-16/h5-6,9-14,16,22,25-26H,2-4,7-8H2,1H3. The van der Waals surface area contributed by atoms with Crippen molar-refractivity contribution in [3.63, 3.8) is 0 Å². The van der Waals surface area contributed by atoms with Gasteiger partial charge in [0.25, 0.3) is 0 Å². The van der Waals surface area contributed by atoms with Crippen molar-refractivity contribution in [1.82, 2.24) is 9.71 Å². The number of fused-ring (bicyclic) bond motifs is 1. The van der Waals surface area contributed by atoms with Crippen LogP contribution in [0.1, 0.15) is 49.1 Å². The predicted molar refractivity (Wildman–Crippen MR) is 121 cm³/mol. The van der Waals surface area contributed by atoms with Crippen LogP contribution < -0.4 is 4.72 Å². The van der Waals surface area contributed by atoms with Gasteiger partial charge in [-0.05, 0) is 42.2 Å². The molecule has 1 aliphatic carbocycles. The van der Waals surface area contributed by atoms with Crippen molar-refractivity contribution < 1.29 is 17.9 Å². The molecule has 1 fully saturated rings. The molecule has 1 heterocycles. The number of H-pyrrole nitrogens is 1. The summed E-state index contributed by atoms with van der Waals surface area (Å²) >= 11 is 6.30. The molecule has 2 N–H and O–H groups in total. The summed E-state index contributed by atoms with van der Waals surface area (Å²) in [7, 11) is -2.51. The minimum atomic E-state index is -3.83. The maximum atomic E-state index is 13.1. The number of hydrogen-bond donors (Lipinski definition) is 2. The summed E-state index contributed by atoms with van der Waals surface area (Å²) in [5.41, 5.74) is 2.10. The van der Waals surface area contributed by atoms with Crippen LogP contribution in [0, 0.1) is 0 Å². The van der Waals surface area contributed by atoms with Crippen molar-refractivity contribution in [2.75, 3.05) is 7.11 Å². The third kappa shape index (κ3) is 4.49. The van der Waals surface area contributed by atoms with Crippen LogP contribution >= 0.6 is 11.6 Å². The average molecular weight is 461 g/mol. The number of hydrogen-bond acceptors (Lipinski definition) is 4. The molecule has 4 rings (SSSR count). The fourth-order valence-electron chi connectivity index (χ4n) is 4.30. The Bertz CT molecular complexity index is 1200. The van der Waals surface area contributed by atoms with Crippen molar-refractivity contribution in [3.05, 3.63) is 64.8 Å². The Morgan fingerprint density at radius 3 is 2.65 bits per heavy atom. The molecule has 0 bridgehead atoms. The third-order valence-electron chi connectivity index (χ3n) is 5.87. The fraction of sp³-hybridized carbons (Fsp3) is 0.348. The van der Waals surface area contributed by atoms with Crippen LogP contribution in [0.25, 0.3) is 10.9 Å². The molecule has 2 aromatic carbocycles. The van der Waals surface area contributed by atoms with Gasteiger partial charge in [-0.2, -0.15) is 0 Å². The quantitative estimate of drug-likeness (QED) is 0.520. The van der Waals surface area contributed by atoms with Gasteiger partial charge >= 0.3 is 5.97 Å². The largest absolute Gasteiger partial charge is 0.468 e. The molecule has 6 nitrogen and oxygen atoms in total. The second kappa shape index (κ2) is 9.02. The maximum absolute atomic E-state index is 13.1. The zero-order valence-corrected chi connectivity index (χ0v) is 18.8. The second-order valence-corrected chi connectivity index (χ2v) is 9.98. The van der Waals surface area contributed by atoms with Gasteiger partial charge in [-0.15, -0.1) is 0 Å². The molecule has 1 unspecified atom stereocenters. The van der Waals surface area contributed by atoms with Crippen LogP contribution in [0.4, 0.5) is 0 Å². The first-order valence-electron chi connectivity index (χ1n) is 10.4. The van der Waals surface area contributed by atoms with Crippen LogP contribution in [-0.2, 0) is 19.6 Å². The molecular weight excluding hydrogens is 436 g/mol. The summed E-state index contributed by atoms with van der Waals surface area (Å²) in [6, 6.07) is 12.2. The molecule has 0 radical (unpaired) electrons. The van der Waals surface area contributed by atoms with E-state index in [4.69, 9.17) is 16.3 Å². The first-order chi connectivity index (χ1) is 14.9. The average Bonchev–Trinajstić information content (AvgIpc) is 3.19. The van der Waals surface area contributed by atoms with E-state index >= 15 is 0 Å². The van der Waals surface area contributed by atoms with Gasteiger partial charge in [0, 0.05) is 23.1 Å². The highest BCUT2D eigenvalue weighted by Crippen LogP contribution is 2.35. The van der Waals surface area contributed by atoms with Gasteiger partial charge in [-0.1, -0.05) is 55.1 Å². The number of para-hydroxylation sites is 1. The topological polar surface area (TPSA) is 88.3 Å². The first kappa shape index (κ1) is 21.9. The van der Waals surface area contributed by atoms with Crippen LogP contribution in [0.5, 0.6) is 0 Å². The van der Waals surface area contributed by atoms with Crippen LogP contribution in [0.3, 0.4) is 0 Å². The van der Waals surface area contributed by atoms with Crippen molar-refractivity contribution >= 4 is 38.5 Å². The number of carbonyl (C=O) groups is 1. The molecule has 1 saturated carbocycles. The fourth-order valence-corrected chi connectivity index (χ4v) is 6.14. The number of rotatable bonds is 6. The Balaban J connectivity index is 1.76. The summed E-state index contributed by atoms with van der Waals surface area (Å²) in [4.78, 5) is 15.9. The Hall–Kier alpha value is -2.35. The van der Waals surface area contributed by atoms with E-state index in [1.165, 1.54) is 19.2 Å². The molecule has 0 saturated heterocycles. The summed E-state index contributed by atoms with van der Waals surface area (Å²) in [5, 5.41) is 0.993. The molecule has 31 heavy (non-hydrogen) atoms. The summed E-state index contributed by atoms with van der Waals surface area (Å²) < 4.78 is 34.1. The van der Waals surface area contributed by atoms with Crippen molar-refractivity contribution in [2.24, 2.45) is 0 Å². The normalized spacial score (nSPS) is 16.3. The number of nitrogens with one attached hydrogen (secondary N) is 2. The Morgan fingerprint density at radius 2 is 1.90 bits per heavy atom. The highest BCUT2D eigenvalue weighted by Gasteiger charge is 2.30. The SMILES string of the molecule is COC(=O)C(c1ccc(Cl)c(S(=O)(=O)NC2CCCCC2)c1)c1c[nH]c2ccccc12. The third-order valence-corrected chi connectivity index (χ3v) is 7.88. The number of sulfonamides is 1. The molecule has 0 aliphatic heterocycles. The molecule has 0 spiro atoms. The Morgan fingerprint density at radius 1 is 1.16 bits per heavy atom. The van der Waals surface area contributed by atoms with E-state index in [0.717, 1.165) is 43.0 Å². The van der Waals surface area contributed by atoms with Crippen molar-refractivity contribution in [3.8, 4) is 0 Å². The number of halogens is 1. The second-order valence-electron chi connectivity index (χ2n) is 7.89. The van der Waals surface area contributed by atoms with E-state index in [1.807, 2.05) is 24.3 Å². The Kier molecular flexibility index (Phi) is 6.36. The van der Waals surface area contributed by atoms with Gasteiger partial charge in [0.1, 0.15) is 10.8 Å². The number of carbonyl (C=O) groups excluding carboxylic acids is 1. The molecule has 1 atom stereocenters. The van der Waals surface area contributed by atoms with Crippen LogP contribution in [0.15, 0.2) is 53.6 Å². The van der Waals surface area contributed by atoms with E-state index < -0.39 is 21.9 Å². The highest BCUT2D eigenvalue weighted by atomic mass is 35.5. The summed E-state index contributed by atoms with van der Waals surface area (Å²) in [6.45, 7) is 0. The van der Waals surface area contributed by atoms with E-state index in [2.05, 4.69) is 9.71 Å². The van der Waals surface area contributed by atoms with E-state index in [0.29, 0.717) is 11.1 Å². The molecule has 0 amide bonds. The smallest absolute Gasteiger partial charge is 0.317 e. The molecular formula is C23H25ClN2O4S. The number of benzene rings is 2. The minimum absolute atomic E-state index is 0.0222. The molecule has 3 aromatic rings. The van der Waals surface area contributed by atoms with Gasteiger partial charge in [0.05, 0.1) is 12.1 Å². The van der Waals surface area contributed by atoms with Gasteiger partial charge in [0.2, 0.25) is 10.0 Å². The lowest BCUT2D eigenvalue weighted by Gasteiger charge is -2.23. The van der Waals surface area contributed by atoms with Gasteiger partial charge in [0.15, 0.2) is 0 Å². The number of aromatic amines is 1. The monoisotopic (exact) mass is 460 g/mol. The molecule has 1 aromatic heterocycles. The molecule has 8 heteroatoms. The Labute approximate surface area is 187 Å². The number of methoxy groups -OCH3 is 1. The minimum Gasteiger partial charge on any atom is -0.468 e. The van der Waals surface area contributed by atoms with Crippen molar-refractivity contribution in [2.45, 2.75) is 49.0 Å². The summed E-state index contributed by atoms with van der Waals surface area (Å²) in [6.07, 6.45) is 6.53. The van der Waals surface area contributed by atoms with Crippen LogP contribution in [-0.4, -0.2) is 32.5 Å². The zero-order valence-electron chi connectivity index (χ0n) is 17.2. The van der Waals surface area contributed by atoms with E-state index in [-0.39, 0.29) is 16.0 Å². The number of aromatic nitrogens is 1. The van der Waals surface area contributed by atoms with Gasteiger partial charge < -0.3 is 9.72 Å². The maximum Gasteiger partial charge on any atom is 0.317 e. The molecule has 1 aliphatic rings. The van der Waals surface area contributed by atoms with Gasteiger partial charge in [-0.25, -0.2) is 13.1 Å². The van der Waals surface area contributed by atoms with E-state index in [9.17, 15) is 13.2 Å². The zero-order chi connectivity index (χ0) is 22.0. The van der Waals surface area contributed by atoms with Crippen molar-refractivity contribution in [1.29, 1.82) is 0 Å². The lowest BCUT2D eigenvalue weighted by atomic mass is 9.91. The number of esters is 1.